The van der Waals surface area contributed by atoms with Crippen LogP contribution in [0.4, 0.5) is 0 Å². The number of thioether (sulfide) groups is 1. The minimum atomic E-state index is 0.648. The van der Waals surface area contributed by atoms with Gasteiger partial charge < -0.3 is 9.13 Å². The molecule has 0 bridgehead atoms. The van der Waals surface area contributed by atoms with Crippen LogP contribution >= 0.6 is 23.4 Å². The number of halogens is 1. The highest BCUT2D eigenvalue weighted by Crippen LogP contribution is 2.25. The molecule has 8 heteroatoms. The van der Waals surface area contributed by atoms with Gasteiger partial charge in [0.1, 0.15) is 12.0 Å². The summed E-state index contributed by atoms with van der Waals surface area (Å²) in [6.07, 6.45) is 5.46. The van der Waals surface area contributed by atoms with Gasteiger partial charge >= 0.3 is 0 Å². The molecule has 4 aromatic rings. The van der Waals surface area contributed by atoms with Crippen LogP contribution in [0.3, 0.4) is 0 Å². The van der Waals surface area contributed by atoms with Crippen molar-refractivity contribution in [2.45, 2.75) is 11.7 Å². The molecule has 25 heavy (non-hydrogen) atoms. The number of hydrogen-bond donors (Lipinski definition) is 0. The molecule has 0 saturated carbocycles. The van der Waals surface area contributed by atoms with Crippen LogP contribution in [0.1, 0.15) is 0 Å². The first kappa shape index (κ1) is 16.1. The van der Waals surface area contributed by atoms with Crippen molar-refractivity contribution in [1.82, 2.24) is 29.3 Å². The molecule has 0 amide bonds. The summed E-state index contributed by atoms with van der Waals surface area (Å²) in [6.45, 7) is 0.801. The maximum absolute atomic E-state index is 6.28. The summed E-state index contributed by atoms with van der Waals surface area (Å²) >= 11 is 7.94. The van der Waals surface area contributed by atoms with E-state index in [1.807, 2.05) is 48.1 Å². The number of fused-ring (bicyclic) bond motifs is 1. The van der Waals surface area contributed by atoms with Crippen LogP contribution in [-0.4, -0.2) is 35.1 Å². The summed E-state index contributed by atoms with van der Waals surface area (Å²) in [6, 6.07) is 9.79. The third kappa shape index (κ3) is 3.25. The molecule has 0 radical (unpaired) electrons. The molecule has 0 fully saturated rings. The molecule has 0 N–H and O–H groups in total. The third-order valence-corrected chi connectivity index (χ3v) is 5.17. The van der Waals surface area contributed by atoms with E-state index in [0.717, 1.165) is 39.9 Å². The van der Waals surface area contributed by atoms with Crippen molar-refractivity contribution in [3.05, 3.63) is 54.1 Å². The molecule has 0 aliphatic heterocycles. The Balaban J connectivity index is 1.57. The van der Waals surface area contributed by atoms with E-state index in [4.69, 9.17) is 16.6 Å². The quantitative estimate of drug-likeness (QED) is 0.501. The Labute approximate surface area is 153 Å². The van der Waals surface area contributed by atoms with E-state index in [2.05, 4.69) is 19.7 Å². The van der Waals surface area contributed by atoms with Crippen LogP contribution in [0.25, 0.3) is 22.4 Å². The second-order valence-electron chi connectivity index (χ2n) is 5.53. The minimum absolute atomic E-state index is 0.648. The average molecular weight is 371 g/mol. The molecule has 0 saturated heterocycles. The zero-order valence-corrected chi connectivity index (χ0v) is 15.1. The molecule has 126 valence electrons. The maximum Gasteiger partial charge on any atom is 0.190 e. The average Bonchev–Trinajstić information content (AvgIpc) is 3.25. The van der Waals surface area contributed by atoms with Crippen LogP contribution in [0, 0.1) is 0 Å². The van der Waals surface area contributed by atoms with E-state index in [0.29, 0.717) is 5.02 Å². The summed E-state index contributed by atoms with van der Waals surface area (Å²) in [7, 11) is 1.94. The number of imidazole rings is 1. The number of aryl methyl sites for hydroxylation is 2. The number of nitrogens with zero attached hydrogens (tertiary/aromatic N) is 6. The number of aromatic nitrogens is 6. The third-order valence-electron chi connectivity index (χ3n) is 3.85. The summed E-state index contributed by atoms with van der Waals surface area (Å²) < 4.78 is 4.00. The minimum Gasteiger partial charge on any atom is -0.329 e. The van der Waals surface area contributed by atoms with Gasteiger partial charge in [-0.05, 0) is 12.1 Å². The van der Waals surface area contributed by atoms with Crippen molar-refractivity contribution < 1.29 is 0 Å². The van der Waals surface area contributed by atoms with Gasteiger partial charge in [0.2, 0.25) is 0 Å². The predicted molar refractivity (Wildman–Crippen MR) is 99.7 cm³/mol. The highest BCUT2D eigenvalue weighted by atomic mass is 35.5. The van der Waals surface area contributed by atoms with Crippen molar-refractivity contribution in [1.29, 1.82) is 0 Å². The summed E-state index contributed by atoms with van der Waals surface area (Å²) in [5.74, 6) is 1.70. The highest BCUT2D eigenvalue weighted by molar-refractivity contribution is 7.99. The van der Waals surface area contributed by atoms with Crippen molar-refractivity contribution in [3.63, 3.8) is 0 Å². The van der Waals surface area contributed by atoms with Gasteiger partial charge in [0.25, 0.3) is 0 Å². The standard InChI is InChI=1S/C17H15ClN6S/c1-23-11-20-22-17(23)25-10-9-24-8-7-19-16(24)14-6-5-12-3-2-4-13(18)15(12)21-14/h2-8,11H,9-10H2,1H3. The van der Waals surface area contributed by atoms with E-state index >= 15 is 0 Å². The summed E-state index contributed by atoms with van der Waals surface area (Å²) in [4.78, 5) is 9.17. The normalized spacial score (nSPS) is 11.3. The number of para-hydroxylation sites is 1. The molecule has 0 aliphatic rings. The molecule has 3 aromatic heterocycles. The van der Waals surface area contributed by atoms with Crippen molar-refractivity contribution in [2.75, 3.05) is 5.75 Å². The van der Waals surface area contributed by atoms with Gasteiger partial charge in [-0.2, -0.15) is 0 Å². The second kappa shape index (κ2) is 6.85. The number of rotatable bonds is 5. The van der Waals surface area contributed by atoms with Gasteiger partial charge in [-0.15, -0.1) is 10.2 Å². The van der Waals surface area contributed by atoms with Gasteiger partial charge in [0.05, 0.1) is 10.5 Å². The zero-order chi connectivity index (χ0) is 17.2. The molecule has 0 atom stereocenters. The lowest BCUT2D eigenvalue weighted by atomic mass is 10.2. The maximum atomic E-state index is 6.28. The van der Waals surface area contributed by atoms with Crippen LogP contribution in [0.15, 0.2) is 54.2 Å². The lowest BCUT2D eigenvalue weighted by Gasteiger charge is -2.08. The van der Waals surface area contributed by atoms with Crippen LogP contribution < -0.4 is 0 Å². The van der Waals surface area contributed by atoms with Crippen LogP contribution in [-0.2, 0) is 13.6 Å². The fourth-order valence-electron chi connectivity index (χ4n) is 2.60. The number of hydrogen-bond acceptors (Lipinski definition) is 5. The lowest BCUT2D eigenvalue weighted by Crippen LogP contribution is -2.03. The van der Waals surface area contributed by atoms with E-state index in [9.17, 15) is 0 Å². The second-order valence-corrected chi connectivity index (χ2v) is 6.99. The Morgan fingerprint density at radius 3 is 2.96 bits per heavy atom. The molecule has 0 spiro atoms. The molecule has 0 unspecified atom stereocenters. The molecule has 4 rings (SSSR count). The van der Waals surface area contributed by atoms with Crippen molar-refractivity contribution >= 4 is 34.3 Å². The van der Waals surface area contributed by atoms with Gasteiger partial charge in [-0.1, -0.05) is 41.6 Å². The Kier molecular flexibility index (Phi) is 4.42. The molecule has 3 heterocycles. The Morgan fingerprint density at radius 1 is 1.20 bits per heavy atom. The highest BCUT2D eigenvalue weighted by Gasteiger charge is 2.10. The number of benzene rings is 1. The van der Waals surface area contributed by atoms with Gasteiger partial charge in [-0.25, -0.2) is 9.97 Å². The first-order valence-electron chi connectivity index (χ1n) is 7.76. The summed E-state index contributed by atoms with van der Waals surface area (Å²) in [5, 5.41) is 10.5. The van der Waals surface area contributed by atoms with E-state index < -0.39 is 0 Å². The zero-order valence-electron chi connectivity index (χ0n) is 13.5. The van der Waals surface area contributed by atoms with E-state index in [1.165, 1.54) is 0 Å². The van der Waals surface area contributed by atoms with Crippen LogP contribution in [0.2, 0.25) is 5.02 Å². The fourth-order valence-corrected chi connectivity index (χ4v) is 3.65. The molecule has 6 nitrogen and oxygen atoms in total. The molecule has 0 aliphatic carbocycles. The van der Waals surface area contributed by atoms with Gasteiger partial charge in [0.15, 0.2) is 11.0 Å². The monoisotopic (exact) mass is 370 g/mol. The van der Waals surface area contributed by atoms with Gasteiger partial charge in [0, 0.05) is 37.1 Å². The Hall–Kier alpha value is -2.38. The van der Waals surface area contributed by atoms with Crippen molar-refractivity contribution in [3.8, 4) is 11.5 Å². The van der Waals surface area contributed by atoms with Crippen molar-refractivity contribution in [2.24, 2.45) is 7.05 Å². The first-order valence-corrected chi connectivity index (χ1v) is 9.12. The van der Waals surface area contributed by atoms with E-state index in [-0.39, 0.29) is 0 Å². The van der Waals surface area contributed by atoms with Crippen LogP contribution in [0.5, 0.6) is 0 Å². The predicted octanol–water partition coefficient (Wildman–Crippen LogP) is 3.67. The Bertz CT molecular complexity index is 1020. The molecule has 1 aromatic carbocycles. The number of pyridine rings is 1. The van der Waals surface area contributed by atoms with E-state index in [1.54, 1.807) is 24.3 Å². The largest absolute Gasteiger partial charge is 0.329 e. The molecular formula is C17H15ClN6S. The topological polar surface area (TPSA) is 61.4 Å². The smallest absolute Gasteiger partial charge is 0.190 e. The summed E-state index contributed by atoms with van der Waals surface area (Å²) in [5.41, 5.74) is 1.61. The van der Waals surface area contributed by atoms with Gasteiger partial charge in [-0.3, -0.25) is 0 Å². The fraction of sp³-hybridized carbons (Fsp3) is 0.176. The molecular weight excluding hydrogens is 356 g/mol. The Morgan fingerprint density at radius 2 is 2.12 bits per heavy atom. The SMILES string of the molecule is Cn1cnnc1SCCn1ccnc1-c1ccc2cccc(Cl)c2n1. The first-order chi connectivity index (χ1) is 12.2. The lowest BCUT2D eigenvalue weighted by molar-refractivity contribution is 0.762.